The summed E-state index contributed by atoms with van der Waals surface area (Å²) >= 11 is 0. The summed E-state index contributed by atoms with van der Waals surface area (Å²) in [7, 11) is 8.71. The van der Waals surface area contributed by atoms with Crippen molar-refractivity contribution in [2.45, 2.75) is 83.2 Å². The van der Waals surface area contributed by atoms with Gasteiger partial charge >= 0.3 is 5.97 Å². The Morgan fingerprint density at radius 3 is 2.35 bits per heavy atom. The number of nitrogens with one attached hydrogen (secondary N) is 1. The summed E-state index contributed by atoms with van der Waals surface area (Å²) in [5, 5.41) is 12.5. The van der Waals surface area contributed by atoms with Crippen molar-refractivity contribution in [2.75, 3.05) is 42.0 Å². The van der Waals surface area contributed by atoms with Crippen molar-refractivity contribution in [3.05, 3.63) is 29.8 Å². The molecule has 2 N–H and O–H groups in total. The van der Waals surface area contributed by atoms with Gasteiger partial charge in [-0.05, 0) is 44.5 Å². The fraction of sp³-hybridized carbons (Fsp3) is 0.700. The predicted octanol–water partition coefficient (Wildman–Crippen LogP) is 2.83. The number of likely N-dealkylation sites (tertiary alicyclic amines) is 1. The molecule has 1 heterocycles. The molecule has 40 heavy (non-hydrogen) atoms. The van der Waals surface area contributed by atoms with E-state index in [0.717, 1.165) is 12.8 Å². The third-order valence-electron chi connectivity index (χ3n) is 8.29. The number of carbonyl (C=O) groups excluding carboxylic acids is 2. The molecule has 0 spiro atoms. The van der Waals surface area contributed by atoms with Crippen LogP contribution < -0.4 is 10.1 Å². The molecule has 1 aromatic carbocycles. The number of para-hydroxylation sites is 1. The Kier molecular flexibility index (Phi) is 13.3. The predicted molar refractivity (Wildman–Crippen MR) is 153 cm³/mol. The Morgan fingerprint density at radius 2 is 1.80 bits per heavy atom. The molecule has 7 atom stereocenters. The van der Waals surface area contributed by atoms with Crippen LogP contribution in [-0.2, 0) is 30.3 Å². The molecule has 0 aromatic heterocycles. The lowest BCUT2D eigenvalue weighted by Gasteiger charge is -2.38. The lowest BCUT2D eigenvalue weighted by Crippen LogP contribution is -2.53. The molecule has 0 radical (unpaired) electrons. The van der Waals surface area contributed by atoms with Gasteiger partial charge in [-0.1, -0.05) is 45.4 Å². The highest BCUT2D eigenvalue weighted by atomic mass is 16.5. The van der Waals surface area contributed by atoms with Gasteiger partial charge in [-0.15, -0.1) is 0 Å². The van der Waals surface area contributed by atoms with Crippen LogP contribution >= 0.6 is 0 Å². The maximum absolute atomic E-state index is 13.6. The Hall–Kier alpha value is -2.69. The summed E-state index contributed by atoms with van der Waals surface area (Å²) in [6.07, 6.45) is 1.92. The average Bonchev–Trinajstić information content (AvgIpc) is 3.42. The summed E-state index contributed by atoms with van der Waals surface area (Å²) in [6, 6.07) is 5.77. The second kappa shape index (κ2) is 15.9. The molecule has 1 aromatic rings. The van der Waals surface area contributed by atoms with E-state index in [2.05, 4.69) is 24.1 Å². The van der Waals surface area contributed by atoms with Crippen LogP contribution in [0.4, 0.5) is 0 Å². The number of nitrogens with zero attached hydrogens (tertiary/aromatic N) is 2. The summed E-state index contributed by atoms with van der Waals surface area (Å²) in [6.45, 7) is 6.59. The van der Waals surface area contributed by atoms with Gasteiger partial charge < -0.3 is 34.4 Å². The summed E-state index contributed by atoms with van der Waals surface area (Å²) in [4.78, 5) is 42.9. The number of hydrogen-bond acceptors (Lipinski definition) is 7. The molecule has 0 bridgehead atoms. The second-order valence-electron chi connectivity index (χ2n) is 11.0. The van der Waals surface area contributed by atoms with Crippen LogP contribution in [0.3, 0.4) is 0 Å². The fourth-order valence-corrected chi connectivity index (χ4v) is 5.96. The minimum atomic E-state index is -1.14. The summed E-state index contributed by atoms with van der Waals surface area (Å²) in [5.41, 5.74) is 0.683. The third kappa shape index (κ3) is 8.41. The lowest BCUT2D eigenvalue weighted by molar-refractivity contribution is -0.145. The van der Waals surface area contributed by atoms with E-state index in [1.54, 1.807) is 38.3 Å². The van der Waals surface area contributed by atoms with Gasteiger partial charge in [-0.25, -0.2) is 4.79 Å². The Bertz CT molecular complexity index is 972. The molecule has 226 valence electrons. The monoisotopic (exact) mass is 563 g/mol. The quantitative estimate of drug-likeness (QED) is 0.315. The van der Waals surface area contributed by atoms with Gasteiger partial charge in [0.2, 0.25) is 11.8 Å². The van der Waals surface area contributed by atoms with E-state index in [0.29, 0.717) is 30.2 Å². The largest absolute Gasteiger partial charge is 0.496 e. The molecule has 0 saturated carbocycles. The molecule has 7 unspecified atom stereocenters. The summed E-state index contributed by atoms with van der Waals surface area (Å²) < 4.78 is 17.0. The van der Waals surface area contributed by atoms with Crippen molar-refractivity contribution in [2.24, 2.45) is 11.8 Å². The van der Waals surface area contributed by atoms with Crippen LogP contribution in [0.5, 0.6) is 5.75 Å². The van der Waals surface area contributed by atoms with Gasteiger partial charge in [0, 0.05) is 33.2 Å². The first-order chi connectivity index (χ1) is 19.0. The number of carboxylic acids is 1. The van der Waals surface area contributed by atoms with Crippen LogP contribution in [0.15, 0.2) is 24.3 Å². The topological polar surface area (TPSA) is 118 Å². The van der Waals surface area contributed by atoms with Crippen LogP contribution in [0, 0.1) is 11.8 Å². The molecular formula is C30H49N3O7. The Morgan fingerprint density at radius 1 is 1.12 bits per heavy atom. The van der Waals surface area contributed by atoms with Crippen molar-refractivity contribution in [1.82, 2.24) is 15.1 Å². The Balaban J connectivity index is 2.16. The number of methoxy groups -OCH3 is 3. The number of carbonyl (C=O) groups is 3. The molecule has 1 saturated heterocycles. The molecule has 10 nitrogen and oxygen atoms in total. The van der Waals surface area contributed by atoms with Crippen LogP contribution in [0.25, 0.3) is 0 Å². The smallest absolute Gasteiger partial charge is 0.326 e. The number of carboxylic acid groups (broad SMARTS) is 1. The van der Waals surface area contributed by atoms with E-state index in [9.17, 15) is 19.5 Å². The van der Waals surface area contributed by atoms with Gasteiger partial charge in [-0.3, -0.25) is 9.59 Å². The number of hydrogen-bond donors (Lipinski definition) is 2. The third-order valence-corrected chi connectivity index (χ3v) is 8.29. The minimum absolute atomic E-state index is 0.0289. The molecular weight excluding hydrogens is 514 g/mol. The number of ether oxygens (including phenoxy) is 3. The van der Waals surface area contributed by atoms with Gasteiger partial charge in [-0.2, -0.15) is 0 Å². The van der Waals surface area contributed by atoms with Gasteiger partial charge in [0.25, 0.3) is 0 Å². The van der Waals surface area contributed by atoms with Gasteiger partial charge in [0.15, 0.2) is 0 Å². The van der Waals surface area contributed by atoms with Crippen molar-refractivity contribution < 1.29 is 33.7 Å². The molecule has 1 aliphatic rings. The average molecular weight is 564 g/mol. The van der Waals surface area contributed by atoms with Crippen LogP contribution in [-0.4, -0.2) is 105 Å². The molecule has 0 aliphatic carbocycles. The summed E-state index contributed by atoms with van der Waals surface area (Å²) in [5.74, 6) is -1.39. The maximum Gasteiger partial charge on any atom is 0.326 e. The highest BCUT2D eigenvalue weighted by Gasteiger charge is 2.41. The van der Waals surface area contributed by atoms with E-state index in [1.807, 2.05) is 19.0 Å². The highest BCUT2D eigenvalue weighted by molar-refractivity contribution is 5.85. The molecule has 2 rings (SSSR count). The standard InChI is InChI=1S/C30H49N3O7/c1-9-19(2)27(32(4)5)25(39-7)18-26(34)33-16-12-14-23(33)28(40-8)20(3)29(35)31-22(30(36)37)17-21-13-10-11-15-24(21)38-6/h10-11,13,15,19-20,22-23,25,27-28H,9,12,14,16-18H2,1-8H3,(H,31,35)(H,36,37). The van der Waals surface area contributed by atoms with Crippen LogP contribution in [0.1, 0.15) is 52.0 Å². The minimum Gasteiger partial charge on any atom is -0.496 e. The highest BCUT2D eigenvalue weighted by Crippen LogP contribution is 2.29. The van der Waals surface area contributed by atoms with E-state index >= 15 is 0 Å². The van der Waals surface area contributed by atoms with E-state index in [-0.39, 0.29) is 36.9 Å². The molecule has 1 aliphatic heterocycles. The number of aliphatic carboxylic acids is 1. The Labute approximate surface area is 239 Å². The molecule has 10 heteroatoms. The zero-order valence-electron chi connectivity index (χ0n) is 25.4. The number of rotatable bonds is 16. The van der Waals surface area contributed by atoms with E-state index in [1.165, 1.54) is 14.2 Å². The van der Waals surface area contributed by atoms with Gasteiger partial charge in [0.1, 0.15) is 11.8 Å². The lowest BCUT2D eigenvalue weighted by atomic mass is 9.90. The number of benzene rings is 1. The first-order valence-corrected chi connectivity index (χ1v) is 14.2. The van der Waals surface area contributed by atoms with Gasteiger partial charge in [0.05, 0.1) is 37.7 Å². The van der Waals surface area contributed by atoms with E-state index in [4.69, 9.17) is 14.2 Å². The van der Waals surface area contributed by atoms with Crippen molar-refractivity contribution in [3.8, 4) is 5.75 Å². The maximum atomic E-state index is 13.6. The zero-order chi connectivity index (χ0) is 30.0. The fourth-order valence-electron chi connectivity index (χ4n) is 5.96. The van der Waals surface area contributed by atoms with Crippen LogP contribution in [0.2, 0.25) is 0 Å². The first-order valence-electron chi connectivity index (χ1n) is 14.2. The second-order valence-corrected chi connectivity index (χ2v) is 11.0. The molecule has 2 amide bonds. The van der Waals surface area contributed by atoms with Crippen molar-refractivity contribution >= 4 is 17.8 Å². The normalized spacial score (nSPS) is 19.9. The van der Waals surface area contributed by atoms with Crippen molar-refractivity contribution in [3.63, 3.8) is 0 Å². The van der Waals surface area contributed by atoms with E-state index < -0.39 is 29.9 Å². The molecule has 1 fully saturated rings. The first kappa shape index (κ1) is 33.5. The zero-order valence-corrected chi connectivity index (χ0v) is 25.4. The number of likely N-dealkylation sites (N-methyl/N-ethyl adjacent to an activating group) is 1. The SMILES string of the molecule is CCC(C)C(C(CC(=O)N1CCCC1C(OC)C(C)C(=O)NC(Cc1ccccc1OC)C(=O)O)OC)N(C)C. The number of amides is 2. The van der Waals surface area contributed by atoms with Crippen molar-refractivity contribution in [1.29, 1.82) is 0 Å².